The lowest BCUT2D eigenvalue weighted by atomic mass is 9.93. The molecule has 0 bridgehead atoms. The summed E-state index contributed by atoms with van der Waals surface area (Å²) >= 11 is 1.02. The summed E-state index contributed by atoms with van der Waals surface area (Å²) < 4.78 is 31.5. The standard InChI is InChI=1S/C55H58FNO9S/c1-3-4-5-6-7-8-9-10-11-12-13-14-15-16-17-18-19-20-33-50(59)64-47-31-25-22-28-44(47)54(62)65-48-32-26-23-29-45(48)55(63)66-51(60)38-42-39-57(37-36-49(42)67-40(2)58)52(53(61)41-34-35-41)43-27-21-24-30-46(43)56/h4-5,7-8,10-11,13-14,16-17,19-32,38,41,49,52H,3,6,9,12,15,18,33-37,39H2,1-2H3/b5-4-,8-7-,11-10-,14-13-,17-16-,20-19-,42-38-/t49?,52-/m1/s1. The van der Waals surface area contributed by atoms with E-state index in [1.165, 1.54) is 49.4 Å². The summed E-state index contributed by atoms with van der Waals surface area (Å²) in [6, 6.07) is 16.9. The van der Waals surface area contributed by atoms with Crippen LogP contribution in [0, 0.1) is 11.7 Å². The Kier molecular flexibility index (Phi) is 21.4. The molecule has 0 spiro atoms. The smallest absolute Gasteiger partial charge is 0.349 e. The average molecular weight is 928 g/mol. The zero-order chi connectivity index (χ0) is 47.8. The van der Waals surface area contributed by atoms with Crippen LogP contribution in [0.2, 0.25) is 0 Å². The predicted molar refractivity (Wildman–Crippen MR) is 260 cm³/mol. The minimum atomic E-state index is -1.11. The molecule has 2 aliphatic rings. The number of ketones is 1. The molecule has 1 aliphatic heterocycles. The number of hydrogen-bond donors (Lipinski definition) is 0. The average Bonchev–Trinajstić information content (AvgIpc) is 4.16. The first-order chi connectivity index (χ1) is 32.5. The summed E-state index contributed by atoms with van der Waals surface area (Å²) in [4.78, 5) is 80.7. The molecule has 1 aliphatic carbocycles. The number of para-hydroxylation sites is 2. The van der Waals surface area contributed by atoms with Crippen molar-refractivity contribution in [3.05, 3.63) is 180 Å². The maximum absolute atomic E-state index is 15.1. The number of ether oxygens (including phenoxy) is 3. The second-order valence-electron chi connectivity index (χ2n) is 15.9. The molecule has 1 saturated carbocycles. The van der Waals surface area contributed by atoms with E-state index in [1.54, 1.807) is 41.3 Å². The Morgan fingerprint density at radius 1 is 0.672 bits per heavy atom. The van der Waals surface area contributed by atoms with Gasteiger partial charge in [0.25, 0.3) is 0 Å². The van der Waals surface area contributed by atoms with Gasteiger partial charge in [0.05, 0.1) is 12.5 Å². The van der Waals surface area contributed by atoms with Crippen LogP contribution in [-0.4, -0.2) is 58.0 Å². The van der Waals surface area contributed by atoms with Gasteiger partial charge in [-0.15, -0.1) is 0 Å². The molecule has 0 amide bonds. The van der Waals surface area contributed by atoms with Gasteiger partial charge < -0.3 is 14.2 Å². The monoisotopic (exact) mass is 927 g/mol. The minimum absolute atomic E-state index is 0.0378. The number of hydrogen-bond acceptors (Lipinski definition) is 11. The number of Topliss-reactive ketones (excluding diaryl/α,β-unsaturated/α-hetero) is 1. The van der Waals surface area contributed by atoms with Crippen molar-refractivity contribution < 1.29 is 47.4 Å². The van der Waals surface area contributed by atoms with Gasteiger partial charge in [-0.05, 0) is 93.7 Å². The first-order valence-electron chi connectivity index (χ1n) is 22.7. The highest BCUT2D eigenvalue weighted by atomic mass is 32.2. The molecule has 0 radical (unpaired) electrons. The number of thioether (sulfide) groups is 1. The van der Waals surface area contributed by atoms with Crippen molar-refractivity contribution in [2.45, 2.75) is 89.3 Å². The quantitative estimate of drug-likeness (QED) is 0.0296. The second kappa shape index (κ2) is 27.9. The maximum Gasteiger partial charge on any atom is 0.349 e. The van der Waals surface area contributed by atoms with Crippen LogP contribution in [0.25, 0.3) is 0 Å². The highest BCUT2D eigenvalue weighted by Gasteiger charge is 2.41. The topological polar surface area (TPSA) is 133 Å². The first kappa shape index (κ1) is 51.5. The van der Waals surface area contributed by atoms with Crippen molar-refractivity contribution in [3.63, 3.8) is 0 Å². The second-order valence-corrected chi connectivity index (χ2v) is 17.2. The van der Waals surface area contributed by atoms with Crippen LogP contribution in [0.15, 0.2) is 157 Å². The molecule has 0 N–H and O–H groups in total. The Hall–Kier alpha value is -6.50. The van der Waals surface area contributed by atoms with Crippen LogP contribution in [0.1, 0.15) is 110 Å². The molecule has 10 nitrogen and oxygen atoms in total. The highest BCUT2D eigenvalue weighted by molar-refractivity contribution is 8.14. The summed E-state index contributed by atoms with van der Waals surface area (Å²) in [7, 11) is 0. The highest BCUT2D eigenvalue weighted by Crippen LogP contribution is 2.40. The zero-order valence-corrected chi connectivity index (χ0v) is 38.9. The summed E-state index contributed by atoms with van der Waals surface area (Å²) in [6.45, 7) is 3.94. The first-order valence-corrected chi connectivity index (χ1v) is 23.6. The van der Waals surface area contributed by atoms with E-state index >= 15 is 4.39 Å². The van der Waals surface area contributed by atoms with Gasteiger partial charge in [-0.1, -0.05) is 134 Å². The number of halogens is 1. The van der Waals surface area contributed by atoms with Crippen molar-refractivity contribution in [1.29, 1.82) is 0 Å². The SMILES string of the molecule is CC/C=C\C/C=C\C/C=C\C/C=C\C/C=C\C/C=C\CC(=O)Oc1ccccc1C(=O)Oc1ccccc1C(=O)OC(=O)/C=C1/CN([C@@H](C(=O)C2CC2)c2ccccc2F)CCC1SC(C)=O. The Balaban J connectivity index is 1.14. The number of carbonyl (C=O) groups is 6. The van der Waals surface area contributed by atoms with Crippen LogP contribution in [-0.2, 0) is 23.9 Å². The lowest BCUT2D eigenvalue weighted by molar-refractivity contribution is -0.134. The molecule has 3 aromatic rings. The van der Waals surface area contributed by atoms with E-state index in [-0.39, 0.29) is 58.0 Å². The van der Waals surface area contributed by atoms with Crippen LogP contribution in [0.5, 0.6) is 11.5 Å². The fourth-order valence-electron chi connectivity index (χ4n) is 7.19. The Labute approximate surface area is 397 Å². The molecule has 1 unspecified atom stereocenters. The fourth-order valence-corrected chi connectivity index (χ4v) is 8.11. The van der Waals surface area contributed by atoms with Gasteiger partial charge >= 0.3 is 23.9 Å². The van der Waals surface area contributed by atoms with Crippen molar-refractivity contribution in [2.24, 2.45) is 5.92 Å². The van der Waals surface area contributed by atoms with Gasteiger partial charge in [-0.3, -0.25) is 19.3 Å². The lowest BCUT2D eigenvalue weighted by Gasteiger charge is -2.38. The summed E-state index contributed by atoms with van der Waals surface area (Å²) in [5, 5.41) is -0.646. The zero-order valence-electron chi connectivity index (χ0n) is 38.1. The molecule has 12 heteroatoms. The number of piperidine rings is 1. The predicted octanol–water partition coefficient (Wildman–Crippen LogP) is 11.7. The third-order valence-electron chi connectivity index (χ3n) is 10.6. The minimum Gasteiger partial charge on any atom is -0.425 e. The molecular formula is C55H58FNO9S. The van der Waals surface area contributed by atoms with Crippen LogP contribution < -0.4 is 9.47 Å². The fraction of sp³-hybridized carbons (Fsp3) is 0.309. The van der Waals surface area contributed by atoms with E-state index in [2.05, 4.69) is 61.6 Å². The van der Waals surface area contributed by atoms with E-state index in [9.17, 15) is 28.8 Å². The van der Waals surface area contributed by atoms with Gasteiger partial charge in [0, 0.05) is 42.8 Å². The van der Waals surface area contributed by atoms with Crippen molar-refractivity contribution in [2.75, 3.05) is 13.1 Å². The van der Waals surface area contributed by atoms with Crippen molar-refractivity contribution in [3.8, 4) is 11.5 Å². The molecule has 2 fully saturated rings. The number of nitrogens with zero attached hydrogens (tertiary/aromatic N) is 1. The van der Waals surface area contributed by atoms with Gasteiger partial charge in [0.2, 0.25) is 0 Å². The molecule has 0 aromatic heterocycles. The molecule has 1 heterocycles. The summed E-state index contributed by atoms with van der Waals surface area (Å²) in [6.07, 6.45) is 33.0. The number of likely N-dealkylation sites (tertiary alicyclic amines) is 1. The Morgan fingerprint density at radius 2 is 1.19 bits per heavy atom. The Morgan fingerprint density at radius 3 is 1.76 bits per heavy atom. The Bertz CT molecular complexity index is 2420. The van der Waals surface area contributed by atoms with Gasteiger partial charge in [-0.25, -0.2) is 18.8 Å². The molecule has 1 saturated heterocycles. The van der Waals surface area contributed by atoms with E-state index < -0.39 is 41.0 Å². The number of esters is 4. The molecule has 350 valence electrons. The summed E-state index contributed by atoms with van der Waals surface area (Å²) in [5.74, 6) is -4.73. The van der Waals surface area contributed by atoms with E-state index in [0.717, 1.165) is 62.8 Å². The van der Waals surface area contributed by atoms with E-state index in [0.29, 0.717) is 25.0 Å². The van der Waals surface area contributed by atoms with Gasteiger partial charge in [-0.2, -0.15) is 0 Å². The van der Waals surface area contributed by atoms with E-state index in [4.69, 9.17) is 14.2 Å². The van der Waals surface area contributed by atoms with Gasteiger partial charge in [0.1, 0.15) is 28.4 Å². The number of rotatable bonds is 23. The third kappa shape index (κ3) is 17.3. The van der Waals surface area contributed by atoms with Crippen molar-refractivity contribution in [1.82, 2.24) is 4.90 Å². The normalized spacial score (nSPS) is 16.8. The summed E-state index contributed by atoms with van der Waals surface area (Å²) in [5.41, 5.74) is 0.361. The van der Waals surface area contributed by atoms with Crippen LogP contribution in [0.3, 0.4) is 0 Å². The number of allylic oxidation sites excluding steroid dienone is 11. The maximum atomic E-state index is 15.1. The van der Waals surface area contributed by atoms with Gasteiger partial charge in [0.15, 0.2) is 10.9 Å². The molecule has 5 rings (SSSR count). The number of carbonyl (C=O) groups excluding carboxylic acids is 6. The molecular weight excluding hydrogens is 870 g/mol. The van der Waals surface area contributed by atoms with Crippen LogP contribution in [0.4, 0.5) is 4.39 Å². The largest absolute Gasteiger partial charge is 0.425 e. The molecule has 67 heavy (non-hydrogen) atoms. The molecule has 3 aromatic carbocycles. The van der Waals surface area contributed by atoms with E-state index in [1.807, 2.05) is 12.2 Å². The lowest BCUT2D eigenvalue weighted by Crippen LogP contribution is -2.43. The van der Waals surface area contributed by atoms with Crippen molar-refractivity contribution >= 4 is 46.5 Å². The van der Waals surface area contributed by atoms with Crippen LogP contribution >= 0.6 is 11.8 Å². The number of benzene rings is 3. The third-order valence-corrected chi connectivity index (χ3v) is 11.8. The molecule has 2 atom stereocenters.